The van der Waals surface area contributed by atoms with Gasteiger partial charge in [-0.2, -0.15) is 0 Å². The molecule has 2 heterocycles. The Morgan fingerprint density at radius 2 is 2.00 bits per heavy atom. The van der Waals surface area contributed by atoms with Crippen molar-refractivity contribution in [2.75, 3.05) is 20.8 Å². The molecule has 8 nitrogen and oxygen atoms in total. The summed E-state index contributed by atoms with van der Waals surface area (Å²) in [4.78, 5) is 30.6. The summed E-state index contributed by atoms with van der Waals surface area (Å²) in [6.07, 6.45) is -1.97. The predicted molar refractivity (Wildman–Crippen MR) is 120 cm³/mol. The van der Waals surface area contributed by atoms with Crippen LogP contribution in [0.5, 0.6) is 11.5 Å². The van der Waals surface area contributed by atoms with Gasteiger partial charge in [0.2, 0.25) is 0 Å². The molecule has 3 unspecified atom stereocenters. The van der Waals surface area contributed by atoms with E-state index in [0.29, 0.717) is 22.3 Å². The number of benzene rings is 1. The van der Waals surface area contributed by atoms with Gasteiger partial charge in [0, 0.05) is 17.5 Å². The fourth-order valence-corrected chi connectivity index (χ4v) is 4.21. The van der Waals surface area contributed by atoms with Gasteiger partial charge in [0.15, 0.2) is 0 Å². The molecule has 0 aliphatic carbocycles. The fourth-order valence-electron chi connectivity index (χ4n) is 4.21. The molecule has 1 aliphatic heterocycles. The van der Waals surface area contributed by atoms with Crippen molar-refractivity contribution < 1.29 is 33.3 Å². The number of nitrogens with zero attached hydrogens (tertiary/aromatic N) is 2. The minimum Gasteiger partial charge on any atom is -0.506 e. The van der Waals surface area contributed by atoms with Crippen LogP contribution in [0, 0.1) is 12.8 Å². The number of rotatable bonds is 5. The van der Waals surface area contributed by atoms with Crippen molar-refractivity contribution in [1.29, 1.82) is 0 Å². The molecule has 2 aromatic rings. The van der Waals surface area contributed by atoms with Gasteiger partial charge >= 0.3 is 12.1 Å². The lowest BCUT2D eigenvalue weighted by Gasteiger charge is -2.27. The number of halogens is 1. The highest BCUT2D eigenvalue weighted by Gasteiger charge is 2.43. The summed E-state index contributed by atoms with van der Waals surface area (Å²) < 4.78 is 31.3. The van der Waals surface area contributed by atoms with Gasteiger partial charge in [-0.3, -0.25) is 4.90 Å². The number of carbonyl (C=O) groups excluding carboxylic acids is 2. The minimum absolute atomic E-state index is 0.00385. The zero-order chi connectivity index (χ0) is 24.5. The Morgan fingerprint density at radius 3 is 2.61 bits per heavy atom. The number of carbonyl (C=O) groups is 2. The van der Waals surface area contributed by atoms with Gasteiger partial charge < -0.3 is 19.3 Å². The molecule has 180 valence electrons. The van der Waals surface area contributed by atoms with Gasteiger partial charge in [0.25, 0.3) is 0 Å². The van der Waals surface area contributed by atoms with Gasteiger partial charge in [-0.05, 0) is 64.7 Å². The van der Waals surface area contributed by atoms with Crippen molar-refractivity contribution in [1.82, 2.24) is 9.88 Å². The van der Waals surface area contributed by atoms with Crippen LogP contribution in [0.15, 0.2) is 18.2 Å². The van der Waals surface area contributed by atoms with Crippen LogP contribution in [0.2, 0.25) is 0 Å². The molecule has 3 atom stereocenters. The van der Waals surface area contributed by atoms with Crippen molar-refractivity contribution in [3.8, 4) is 11.5 Å². The molecule has 0 bridgehead atoms. The first-order valence-corrected chi connectivity index (χ1v) is 10.8. The molecule has 9 heteroatoms. The van der Waals surface area contributed by atoms with Crippen molar-refractivity contribution in [2.45, 2.75) is 58.4 Å². The molecule has 0 saturated carbocycles. The highest BCUT2D eigenvalue weighted by molar-refractivity contribution is 5.86. The lowest BCUT2D eigenvalue weighted by Crippen LogP contribution is -2.43. The Balaban J connectivity index is 1.89. The second-order valence-corrected chi connectivity index (χ2v) is 9.32. The van der Waals surface area contributed by atoms with Crippen LogP contribution < -0.4 is 4.74 Å². The number of aromatic nitrogens is 1. The van der Waals surface area contributed by atoms with Crippen molar-refractivity contribution in [2.24, 2.45) is 5.92 Å². The molecular weight excluding hydrogens is 431 g/mol. The van der Waals surface area contributed by atoms with E-state index in [2.05, 4.69) is 4.98 Å². The van der Waals surface area contributed by atoms with E-state index in [0.717, 1.165) is 0 Å². The molecule has 1 saturated heterocycles. The maximum absolute atomic E-state index is 15.7. The highest BCUT2D eigenvalue weighted by Crippen LogP contribution is 2.41. The maximum Gasteiger partial charge on any atom is 0.411 e. The number of aryl methyl sites for hydroxylation is 1. The number of methoxy groups -OCH3 is 2. The number of aromatic hydroxyl groups is 1. The molecule has 3 rings (SSSR count). The van der Waals surface area contributed by atoms with E-state index in [1.807, 2.05) is 0 Å². The average Bonchev–Trinajstić information content (AvgIpc) is 3.16. The van der Waals surface area contributed by atoms with E-state index in [9.17, 15) is 14.7 Å². The number of esters is 1. The first kappa shape index (κ1) is 24.5. The van der Waals surface area contributed by atoms with Crippen LogP contribution in [0.4, 0.5) is 9.18 Å². The van der Waals surface area contributed by atoms with Crippen molar-refractivity contribution in [3.63, 3.8) is 0 Å². The quantitative estimate of drug-likeness (QED) is 0.655. The molecule has 0 radical (unpaired) electrons. The van der Waals surface area contributed by atoms with Crippen LogP contribution in [-0.4, -0.2) is 59.5 Å². The molecule has 0 spiro atoms. The predicted octanol–water partition coefficient (Wildman–Crippen LogP) is 4.46. The first-order valence-electron chi connectivity index (χ1n) is 10.8. The Bertz CT molecular complexity index is 1050. The third kappa shape index (κ3) is 5.29. The van der Waals surface area contributed by atoms with Crippen LogP contribution >= 0.6 is 0 Å². The summed E-state index contributed by atoms with van der Waals surface area (Å²) >= 11 is 0. The second-order valence-electron chi connectivity index (χ2n) is 9.32. The van der Waals surface area contributed by atoms with Gasteiger partial charge in [-0.25, -0.2) is 19.0 Å². The van der Waals surface area contributed by atoms with E-state index >= 15 is 4.39 Å². The van der Waals surface area contributed by atoms with Gasteiger partial charge in [0.05, 0.1) is 25.4 Å². The minimum atomic E-state index is -1.55. The molecular formula is C24H31FN2O6. The number of pyridine rings is 1. The van der Waals surface area contributed by atoms with Gasteiger partial charge in [-0.1, -0.05) is 0 Å². The standard InChI is InChI=1S/C24H31FN2O6/c1-13-21(28)20(16-11-15(31-5)7-8-18(16)26-13)17(25)9-14-10-19(22(29)32-6)27(12-14)23(30)33-24(2,3)4/h7-8,11,14,17,19,28H,9-10,12H2,1-6H3. The summed E-state index contributed by atoms with van der Waals surface area (Å²) in [5, 5.41) is 11.1. The Hall–Kier alpha value is -3.10. The number of alkyl halides is 1. The Kier molecular flexibility index (Phi) is 7.00. The van der Waals surface area contributed by atoms with Crippen LogP contribution in [0.25, 0.3) is 10.9 Å². The zero-order valence-corrected chi connectivity index (χ0v) is 19.8. The summed E-state index contributed by atoms with van der Waals surface area (Å²) in [5.74, 6) is -0.611. The zero-order valence-electron chi connectivity index (χ0n) is 19.8. The smallest absolute Gasteiger partial charge is 0.411 e. The lowest BCUT2D eigenvalue weighted by atomic mass is 9.92. The molecule has 1 aromatic carbocycles. The van der Waals surface area contributed by atoms with E-state index in [4.69, 9.17) is 14.2 Å². The number of amides is 1. The Morgan fingerprint density at radius 1 is 1.30 bits per heavy atom. The number of likely N-dealkylation sites (tertiary alicyclic amines) is 1. The summed E-state index contributed by atoms with van der Waals surface area (Å²) in [6.45, 7) is 6.95. The molecule has 1 amide bonds. The van der Waals surface area contributed by atoms with Gasteiger partial charge in [0.1, 0.15) is 29.3 Å². The number of fused-ring (bicyclic) bond motifs is 1. The topological polar surface area (TPSA) is 98.2 Å². The summed E-state index contributed by atoms with van der Waals surface area (Å²) in [7, 11) is 2.75. The van der Waals surface area contributed by atoms with E-state index in [1.165, 1.54) is 19.1 Å². The summed E-state index contributed by atoms with van der Waals surface area (Å²) in [6, 6.07) is 4.22. The monoisotopic (exact) mass is 462 g/mol. The van der Waals surface area contributed by atoms with E-state index in [-0.39, 0.29) is 36.6 Å². The van der Waals surface area contributed by atoms with Crippen LogP contribution in [-0.2, 0) is 14.3 Å². The highest BCUT2D eigenvalue weighted by atomic mass is 19.1. The molecule has 33 heavy (non-hydrogen) atoms. The fraction of sp³-hybridized carbons (Fsp3) is 0.542. The third-order valence-corrected chi connectivity index (χ3v) is 5.72. The maximum atomic E-state index is 15.7. The molecule has 1 aromatic heterocycles. The first-order chi connectivity index (χ1) is 15.4. The second kappa shape index (κ2) is 9.41. The summed E-state index contributed by atoms with van der Waals surface area (Å²) in [5.41, 5.74) is 0.246. The van der Waals surface area contributed by atoms with Crippen molar-refractivity contribution in [3.05, 3.63) is 29.5 Å². The Labute approximate surface area is 192 Å². The number of hydrogen-bond donors (Lipinski definition) is 1. The van der Waals surface area contributed by atoms with E-state index in [1.54, 1.807) is 45.9 Å². The number of hydrogen-bond acceptors (Lipinski definition) is 7. The molecule has 1 fully saturated rings. The third-order valence-electron chi connectivity index (χ3n) is 5.72. The normalized spacial score (nSPS) is 19.4. The SMILES string of the molecule is COC(=O)C1CC(CC(F)c2c(O)c(C)nc3ccc(OC)cc23)CN1C(=O)OC(C)(C)C. The van der Waals surface area contributed by atoms with Crippen LogP contribution in [0.3, 0.4) is 0 Å². The number of ether oxygens (including phenoxy) is 3. The van der Waals surface area contributed by atoms with Crippen LogP contribution in [0.1, 0.15) is 51.0 Å². The molecule has 1 aliphatic rings. The van der Waals surface area contributed by atoms with E-state index < -0.39 is 29.9 Å². The largest absolute Gasteiger partial charge is 0.506 e. The lowest BCUT2D eigenvalue weighted by molar-refractivity contribution is -0.145. The average molecular weight is 463 g/mol. The molecule has 1 N–H and O–H groups in total. The van der Waals surface area contributed by atoms with Gasteiger partial charge in [-0.15, -0.1) is 0 Å². The van der Waals surface area contributed by atoms with Crippen molar-refractivity contribution >= 4 is 23.0 Å².